The Morgan fingerprint density at radius 1 is 1.31 bits per heavy atom. The van der Waals surface area contributed by atoms with Crippen LogP contribution in [0.2, 0.25) is 0 Å². The van der Waals surface area contributed by atoms with Crippen LogP contribution in [-0.2, 0) is 9.53 Å². The number of amides is 3. The second-order valence-electron chi connectivity index (χ2n) is 4.65. The quantitative estimate of drug-likeness (QED) is 0.699. The molecule has 0 aromatic heterocycles. The first kappa shape index (κ1) is 11.4. The molecule has 2 rings (SSSR count). The lowest BCUT2D eigenvalue weighted by molar-refractivity contribution is -0.128. The lowest BCUT2D eigenvalue weighted by Gasteiger charge is -2.36. The van der Waals surface area contributed by atoms with Crippen molar-refractivity contribution in [1.29, 1.82) is 0 Å². The molecule has 0 radical (unpaired) electrons. The van der Waals surface area contributed by atoms with Crippen molar-refractivity contribution in [2.24, 2.45) is 5.92 Å². The normalized spacial score (nSPS) is 31.3. The molecule has 1 aliphatic heterocycles. The van der Waals surface area contributed by atoms with E-state index in [4.69, 9.17) is 4.74 Å². The van der Waals surface area contributed by atoms with Crippen molar-refractivity contribution in [1.82, 2.24) is 10.6 Å². The highest BCUT2D eigenvalue weighted by Crippen LogP contribution is 2.34. The molecule has 2 N–H and O–H groups in total. The number of carbonyl (C=O) groups is 2. The summed E-state index contributed by atoms with van der Waals surface area (Å²) in [5.41, 5.74) is -0.827. The van der Waals surface area contributed by atoms with Gasteiger partial charge in [0.15, 0.2) is 0 Å². The fraction of sp³-hybridized carbons (Fsp3) is 0.818. The van der Waals surface area contributed by atoms with Gasteiger partial charge in [-0.25, -0.2) is 4.79 Å². The van der Waals surface area contributed by atoms with E-state index < -0.39 is 11.6 Å². The minimum Gasteiger partial charge on any atom is -0.382 e. The minimum absolute atomic E-state index is 0.202. The molecule has 1 saturated carbocycles. The highest BCUT2D eigenvalue weighted by Gasteiger charge is 2.51. The zero-order valence-electron chi connectivity index (χ0n) is 9.54. The van der Waals surface area contributed by atoms with Crippen LogP contribution in [0.1, 0.15) is 32.1 Å². The fourth-order valence-corrected chi connectivity index (χ4v) is 2.84. The van der Waals surface area contributed by atoms with E-state index in [2.05, 4.69) is 10.6 Å². The molecule has 5 heteroatoms. The molecule has 3 amide bonds. The molecular formula is C11H18N2O3. The summed E-state index contributed by atoms with van der Waals surface area (Å²) in [6.07, 6.45) is 5.43. The van der Waals surface area contributed by atoms with Crippen molar-refractivity contribution >= 4 is 11.9 Å². The number of ether oxygens (including phenoxy) is 1. The summed E-state index contributed by atoms with van der Waals surface area (Å²) < 4.78 is 5.13. The zero-order chi connectivity index (χ0) is 11.6. The van der Waals surface area contributed by atoms with Crippen molar-refractivity contribution < 1.29 is 14.3 Å². The minimum atomic E-state index is -0.827. The van der Waals surface area contributed by atoms with E-state index in [9.17, 15) is 9.59 Å². The molecule has 5 nitrogen and oxygen atoms in total. The van der Waals surface area contributed by atoms with Gasteiger partial charge in [-0.3, -0.25) is 10.1 Å². The lowest BCUT2D eigenvalue weighted by atomic mass is 9.75. The van der Waals surface area contributed by atoms with E-state index in [1.165, 1.54) is 6.42 Å². The number of hydrogen-bond donors (Lipinski definition) is 2. The third-order valence-electron chi connectivity index (χ3n) is 3.64. The molecule has 2 fully saturated rings. The van der Waals surface area contributed by atoms with E-state index in [1.807, 2.05) is 0 Å². The first-order valence-corrected chi connectivity index (χ1v) is 5.81. The molecule has 1 saturated heterocycles. The average Bonchev–Trinajstić information content (AvgIpc) is 2.57. The van der Waals surface area contributed by atoms with E-state index in [1.54, 1.807) is 7.11 Å². The summed E-state index contributed by atoms with van der Waals surface area (Å²) in [6, 6.07) is -0.396. The predicted octanol–water partition coefficient (Wildman–Crippen LogP) is 0.791. The smallest absolute Gasteiger partial charge is 0.322 e. The van der Waals surface area contributed by atoms with E-state index >= 15 is 0 Å². The van der Waals surface area contributed by atoms with Gasteiger partial charge in [0.25, 0.3) is 5.91 Å². The lowest BCUT2D eigenvalue weighted by Crippen LogP contribution is -2.57. The maximum atomic E-state index is 11.9. The van der Waals surface area contributed by atoms with Crippen LogP contribution in [0.15, 0.2) is 0 Å². The zero-order valence-corrected chi connectivity index (χ0v) is 9.54. The van der Waals surface area contributed by atoms with E-state index in [0.717, 1.165) is 25.7 Å². The van der Waals surface area contributed by atoms with Gasteiger partial charge < -0.3 is 10.1 Å². The molecule has 0 aromatic rings. The van der Waals surface area contributed by atoms with Gasteiger partial charge in [-0.15, -0.1) is 0 Å². The Labute approximate surface area is 94.9 Å². The van der Waals surface area contributed by atoms with Gasteiger partial charge in [-0.05, 0) is 18.8 Å². The number of imide groups is 1. The standard InChI is InChI=1S/C11H18N2O3/c1-16-7-11(8-5-3-2-4-6-8)9(14)12-10(15)13-11/h8H,2-7H2,1H3,(H2,12,13,14,15). The van der Waals surface area contributed by atoms with Gasteiger partial charge in [0.1, 0.15) is 5.54 Å². The van der Waals surface area contributed by atoms with Crippen molar-refractivity contribution in [2.75, 3.05) is 13.7 Å². The van der Waals surface area contributed by atoms with Crippen LogP contribution in [-0.4, -0.2) is 31.2 Å². The summed E-state index contributed by atoms with van der Waals surface area (Å²) in [7, 11) is 1.56. The highest BCUT2D eigenvalue weighted by molar-refractivity contribution is 6.07. The monoisotopic (exact) mass is 226 g/mol. The van der Waals surface area contributed by atoms with Gasteiger partial charge in [-0.2, -0.15) is 0 Å². The van der Waals surface area contributed by atoms with Crippen molar-refractivity contribution in [2.45, 2.75) is 37.6 Å². The van der Waals surface area contributed by atoms with Gasteiger partial charge >= 0.3 is 6.03 Å². The Kier molecular flexibility index (Phi) is 3.14. The summed E-state index contributed by atoms with van der Waals surface area (Å²) in [6.45, 7) is 0.259. The van der Waals surface area contributed by atoms with Crippen LogP contribution in [0.25, 0.3) is 0 Å². The molecule has 0 bridgehead atoms. The van der Waals surface area contributed by atoms with Crippen molar-refractivity contribution in [3.05, 3.63) is 0 Å². The van der Waals surface area contributed by atoms with Gasteiger partial charge in [0, 0.05) is 7.11 Å². The SMILES string of the molecule is COCC1(C2CCCCC2)NC(=O)NC1=O. The maximum absolute atomic E-state index is 11.9. The Morgan fingerprint density at radius 3 is 2.50 bits per heavy atom. The number of rotatable bonds is 3. The molecule has 90 valence electrons. The van der Waals surface area contributed by atoms with Gasteiger partial charge in [0.2, 0.25) is 0 Å². The van der Waals surface area contributed by atoms with Crippen LogP contribution in [0.4, 0.5) is 4.79 Å². The second-order valence-corrected chi connectivity index (χ2v) is 4.65. The number of urea groups is 1. The summed E-state index contributed by atoms with van der Waals surface area (Å²) >= 11 is 0. The van der Waals surface area contributed by atoms with Crippen LogP contribution in [0.5, 0.6) is 0 Å². The third kappa shape index (κ3) is 1.80. The van der Waals surface area contributed by atoms with Crippen LogP contribution in [0, 0.1) is 5.92 Å². The summed E-state index contributed by atoms with van der Waals surface area (Å²) in [5, 5.41) is 5.08. The topological polar surface area (TPSA) is 67.4 Å². The van der Waals surface area contributed by atoms with Gasteiger partial charge in [0.05, 0.1) is 6.61 Å². The van der Waals surface area contributed by atoms with Crippen molar-refractivity contribution in [3.8, 4) is 0 Å². The van der Waals surface area contributed by atoms with E-state index in [0.29, 0.717) is 0 Å². The molecule has 1 atom stereocenters. The first-order chi connectivity index (χ1) is 7.69. The largest absolute Gasteiger partial charge is 0.382 e. The fourth-order valence-electron chi connectivity index (χ4n) is 2.84. The molecule has 1 unspecified atom stereocenters. The molecule has 1 aliphatic carbocycles. The van der Waals surface area contributed by atoms with Gasteiger partial charge in [-0.1, -0.05) is 19.3 Å². The number of nitrogens with one attached hydrogen (secondary N) is 2. The Hall–Kier alpha value is -1.10. The maximum Gasteiger partial charge on any atom is 0.322 e. The summed E-state index contributed by atoms with van der Waals surface area (Å²) in [5.74, 6) is -0.0288. The first-order valence-electron chi connectivity index (χ1n) is 5.81. The molecule has 1 heterocycles. The van der Waals surface area contributed by atoms with Crippen LogP contribution >= 0.6 is 0 Å². The Balaban J connectivity index is 2.20. The number of carbonyl (C=O) groups excluding carboxylic acids is 2. The molecule has 0 aromatic carbocycles. The Morgan fingerprint density at radius 2 is 2.00 bits per heavy atom. The van der Waals surface area contributed by atoms with E-state index in [-0.39, 0.29) is 18.4 Å². The molecule has 2 aliphatic rings. The third-order valence-corrected chi connectivity index (χ3v) is 3.64. The van der Waals surface area contributed by atoms with Crippen LogP contribution in [0.3, 0.4) is 0 Å². The highest BCUT2D eigenvalue weighted by atomic mass is 16.5. The molecular weight excluding hydrogens is 208 g/mol. The Bertz CT molecular complexity index is 300. The molecule has 16 heavy (non-hydrogen) atoms. The predicted molar refractivity (Wildman–Crippen MR) is 57.9 cm³/mol. The number of hydrogen-bond acceptors (Lipinski definition) is 3. The average molecular weight is 226 g/mol. The van der Waals surface area contributed by atoms with Crippen LogP contribution < -0.4 is 10.6 Å². The molecule has 0 spiro atoms. The summed E-state index contributed by atoms with van der Waals surface area (Å²) in [4.78, 5) is 23.2. The number of methoxy groups -OCH3 is 1. The second kappa shape index (κ2) is 4.41. The van der Waals surface area contributed by atoms with Crippen molar-refractivity contribution in [3.63, 3.8) is 0 Å².